The van der Waals surface area contributed by atoms with Crippen LogP contribution in [0.5, 0.6) is 5.75 Å². The summed E-state index contributed by atoms with van der Waals surface area (Å²) in [7, 11) is -3.54. The largest absolute Gasteiger partial charge is 0.490 e. The van der Waals surface area contributed by atoms with Gasteiger partial charge in [0, 0.05) is 24.9 Å². The molecule has 1 N–H and O–H groups in total. The van der Waals surface area contributed by atoms with E-state index >= 15 is 0 Å². The van der Waals surface area contributed by atoms with Crippen molar-refractivity contribution in [2.24, 2.45) is 0 Å². The van der Waals surface area contributed by atoms with E-state index in [1.54, 1.807) is 18.2 Å². The van der Waals surface area contributed by atoms with Crippen LogP contribution in [0, 0.1) is 13.8 Å². The Bertz CT molecular complexity index is 919. The monoisotopic (exact) mass is 417 g/mol. The van der Waals surface area contributed by atoms with E-state index in [2.05, 4.69) is 29.3 Å². The first-order valence-corrected chi connectivity index (χ1v) is 12.1. The molecule has 0 spiro atoms. The molecule has 2 fully saturated rings. The lowest BCUT2D eigenvalue weighted by molar-refractivity contribution is 0.0956. The van der Waals surface area contributed by atoms with E-state index < -0.39 is 10.0 Å². The fourth-order valence-corrected chi connectivity index (χ4v) is 7.14. The van der Waals surface area contributed by atoms with Crippen molar-refractivity contribution in [1.82, 2.24) is 14.5 Å². The number of aromatic amines is 1. The van der Waals surface area contributed by atoms with Crippen molar-refractivity contribution in [3.63, 3.8) is 0 Å². The second kappa shape index (κ2) is 8.11. The fourth-order valence-electron chi connectivity index (χ4n) is 4.91. The summed E-state index contributed by atoms with van der Waals surface area (Å²) in [4.78, 5) is 0.344. The van der Waals surface area contributed by atoms with Gasteiger partial charge in [0.1, 0.15) is 16.7 Å². The van der Waals surface area contributed by atoms with Crippen LogP contribution >= 0.6 is 0 Å². The van der Waals surface area contributed by atoms with E-state index in [0.717, 1.165) is 37.9 Å². The van der Waals surface area contributed by atoms with Crippen LogP contribution in [0.4, 0.5) is 0 Å². The molecule has 2 saturated heterocycles. The number of rotatable bonds is 7. The van der Waals surface area contributed by atoms with Gasteiger partial charge in [0.25, 0.3) is 0 Å². The predicted molar refractivity (Wildman–Crippen MR) is 113 cm³/mol. The average Bonchev–Trinajstić information content (AvgIpc) is 3.18. The van der Waals surface area contributed by atoms with Crippen LogP contribution in [0.15, 0.2) is 29.2 Å². The molecule has 0 saturated carbocycles. The Morgan fingerprint density at radius 1 is 1.14 bits per heavy atom. The third-order valence-electron chi connectivity index (χ3n) is 6.26. The number of nitrogens with zero attached hydrogens (tertiary/aromatic N) is 2. The van der Waals surface area contributed by atoms with Gasteiger partial charge >= 0.3 is 0 Å². The van der Waals surface area contributed by atoms with Crippen LogP contribution in [-0.2, 0) is 16.4 Å². The minimum absolute atomic E-state index is 0.00118. The number of H-pyrrole nitrogens is 1. The second-order valence-corrected chi connectivity index (χ2v) is 10.2. The zero-order valence-corrected chi connectivity index (χ0v) is 18.3. The maximum Gasteiger partial charge on any atom is 0.247 e. The zero-order valence-electron chi connectivity index (χ0n) is 17.5. The summed E-state index contributed by atoms with van der Waals surface area (Å²) < 4.78 is 34.7. The quantitative estimate of drug-likeness (QED) is 0.735. The Morgan fingerprint density at radius 2 is 1.79 bits per heavy atom. The number of ether oxygens (including phenoxy) is 1. The first-order chi connectivity index (χ1) is 13.9. The maximum absolute atomic E-state index is 13.4. The zero-order chi connectivity index (χ0) is 20.6. The molecule has 0 amide bonds. The lowest BCUT2D eigenvalue weighted by atomic mass is 10.0. The van der Waals surface area contributed by atoms with Crippen LogP contribution in [-0.4, -0.2) is 41.1 Å². The molecule has 2 aliphatic heterocycles. The number of aryl methyl sites for hydroxylation is 3. The molecule has 2 bridgehead atoms. The van der Waals surface area contributed by atoms with Gasteiger partial charge in [-0.15, -0.1) is 0 Å². The number of hydrogen-bond acceptors (Lipinski definition) is 4. The Morgan fingerprint density at radius 3 is 2.34 bits per heavy atom. The summed E-state index contributed by atoms with van der Waals surface area (Å²) in [6.07, 6.45) is 6.83. The molecule has 158 valence electrons. The number of sulfonamides is 1. The van der Waals surface area contributed by atoms with Crippen LogP contribution in [0.2, 0.25) is 0 Å². The fraction of sp³-hybridized carbons (Fsp3) is 0.591. The van der Waals surface area contributed by atoms with Gasteiger partial charge in [-0.25, -0.2) is 8.42 Å². The molecular weight excluding hydrogens is 386 g/mol. The molecule has 1 aromatic heterocycles. The Labute approximate surface area is 173 Å². The van der Waals surface area contributed by atoms with Crippen molar-refractivity contribution in [2.45, 2.75) is 88.8 Å². The van der Waals surface area contributed by atoms with E-state index in [9.17, 15) is 8.42 Å². The molecule has 3 atom stereocenters. The Hall–Kier alpha value is -1.86. The molecule has 0 aliphatic carbocycles. The van der Waals surface area contributed by atoms with Gasteiger partial charge in [-0.1, -0.05) is 25.5 Å². The standard InChI is InChI=1S/C22H31N3O3S/c1-4-5-6-17-7-11-20(12-8-17)28-21-13-18-9-10-19(14-21)25(18)29(26,27)22-15(2)23-24-16(22)3/h7-8,11-12,18-19,21H,4-6,9-10,13-14H2,1-3H3,(H,23,24)/t18-,19+,21+. The molecule has 7 heteroatoms. The second-order valence-electron chi connectivity index (χ2n) is 8.44. The van der Waals surface area contributed by atoms with E-state index in [1.165, 1.54) is 18.4 Å². The molecule has 2 aromatic rings. The Balaban J connectivity index is 1.45. The maximum atomic E-state index is 13.4. The molecule has 0 radical (unpaired) electrons. The lowest BCUT2D eigenvalue weighted by Gasteiger charge is -2.37. The number of fused-ring (bicyclic) bond motifs is 2. The molecule has 0 unspecified atom stereocenters. The van der Waals surface area contributed by atoms with Gasteiger partial charge in [-0.3, -0.25) is 5.10 Å². The molecule has 4 rings (SSSR count). The molecule has 29 heavy (non-hydrogen) atoms. The number of aromatic nitrogens is 2. The third-order valence-corrected chi connectivity index (χ3v) is 8.53. The summed E-state index contributed by atoms with van der Waals surface area (Å²) in [6.45, 7) is 5.72. The van der Waals surface area contributed by atoms with Crippen molar-refractivity contribution in [3.05, 3.63) is 41.2 Å². The van der Waals surface area contributed by atoms with Crippen LogP contribution in [0.3, 0.4) is 0 Å². The number of benzene rings is 1. The summed E-state index contributed by atoms with van der Waals surface area (Å²) >= 11 is 0. The minimum Gasteiger partial charge on any atom is -0.490 e. The number of unbranched alkanes of at least 4 members (excludes halogenated alkanes) is 1. The third kappa shape index (κ3) is 3.94. The molecule has 2 aliphatic rings. The van der Waals surface area contributed by atoms with Gasteiger partial charge in [0.05, 0.1) is 11.4 Å². The Kier molecular flexibility index (Phi) is 5.71. The van der Waals surface area contributed by atoms with Gasteiger partial charge in [0.15, 0.2) is 0 Å². The number of nitrogens with one attached hydrogen (secondary N) is 1. The molecule has 6 nitrogen and oxygen atoms in total. The van der Waals surface area contributed by atoms with Crippen molar-refractivity contribution in [3.8, 4) is 5.75 Å². The molecule has 3 heterocycles. The highest BCUT2D eigenvalue weighted by molar-refractivity contribution is 7.89. The van der Waals surface area contributed by atoms with E-state index in [1.807, 2.05) is 12.1 Å². The topological polar surface area (TPSA) is 75.3 Å². The lowest BCUT2D eigenvalue weighted by Crippen LogP contribution is -2.49. The highest BCUT2D eigenvalue weighted by Crippen LogP contribution is 2.41. The average molecular weight is 418 g/mol. The van der Waals surface area contributed by atoms with Gasteiger partial charge in [0.2, 0.25) is 10.0 Å². The van der Waals surface area contributed by atoms with Crippen LogP contribution in [0.25, 0.3) is 0 Å². The summed E-state index contributed by atoms with van der Waals surface area (Å²) in [5.74, 6) is 0.882. The van der Waals surface area contributed by atoms with Gasteiger partial charge in [-0.2, -0.15) is 9.40 Å². The van der Waals surface area contributed by atoms with Crippen molar-refractivity contribution < 1.29 is 13.2 Å². The van der Waals surface area contributed by atoms with E-state index in [0.29, 0.717) is 16.3 Å². The number of piperidine rings is 1. The highest BCUT2D eigenvalue weighted by atomic mass is 32.2. The highest BCUT2D eigenvalue weighted by Gasteiger charge is 2.48. The van der Waals surface area contributed by atoms with Crippen molar-refractivity contribution in [1.29, 1.82) is 0 Å². The van der Waals surface area contributed by atoms with Crippen molar-refractivity contribution >= 4 is 10.0 Å². The number of hydrogen-bond donors (Lipinski definition) is 1. The van der Waals surface area contributed by atoms with Gasteiger partial charge < -0.3 is 4.74 Å². The summed E-state index contributed by atoms with van der Waals surface area (Å²) in [5.41, 5.74) is 2.50. The normalized spacial score (nSPS) is 24.7. The van der Waals surface area contributed by atoms with E-state index in [-0.39, 0.29) is 18.2 Å². The summed E-state index contributed by atoms with van der Waals surface area (Å²) in [6, 6.07) is 8.39. The van der Waals surface area contributed by atoms with Gasteiger partial charge in [-0.05, 0) is 57.2 Å². The van der Waals surface area contributed by atoms with Crippen LogP contribution < -0.4 is 4.74 Å². The predicted octanol–water partition coefficient (Wildman–Crippen LogP) is 4.13. The van der Waals surface area contributed by atoms with E-state index in [4.69, 9.17) is 4.74 Å². The minimum atomic E-state index is -3.54. The first kappa shape index (κ1) is 20.4. The van der Waals surface area contributed by atoms with Crippen LogP contribution in [0.1, 0.15) is 62.4 Å². The molecular formula is C22H31N3O3S. The summed E-state index contributed by atoms with van der Waals surface area (Å²) in [5, 5.41) is 6.90. The van der Waals surface area contributed by atoms with Crippen molar-refractivity contribution in [2.75, 3.05) is 0 Å². The SMILES string of the molecule is CCCCc1ccc(O[C@H]2C[C@H]3CC[C@@H](C2)N3S(=O)(=O)c2c(C)n[nH]c2C)cc1. The molecule has 1 aromatic carbocycles. The first-order valence-electron chi connectivity index (χ1n) is 10.7. The smallest absolute Gasteiger partial charge is 0.247 e.